The van der Waals surface area contributed by atoms with Gasteiger partial charge in [-0.15, -0.1) is 0 Å². The molecule has 5 nitrogen and oxygen atoms in total. The van der Waals surface area contributed by atoms with Gasteiger partial charge in [-0.25, -0.2) is 13.1 Å². The summed E-state index contributed by atoms with van der Waals surface area (Å²) in [5, 5.41) is 12.8. The maximum atomic E-state index is 11.6. The molecule has 1 aromatic rings. The highest BCUT2D eigenvalue weighted by Crippen LogP contribution is 2.31. The van der Waals surface area contributed by atoms with Gasteiger partial charge in [0.1, 0.15) is 11.6 Å². The summed E-state index contributed by atoms with van der Waals surface area (Å²) in [6.45, 7) is 0. The second-order valence-corrected chi connectivity index (χ2v) is 6.98. The summed E-state index contributed by atoms with van der Waals surface area (Å²) in [6, 6.07) is 1.86. The van der Waals surface area contributed by atoms with Gasteiger partial charge in [0.15, 0.2) is 5.03 Å². The fourth-order valence-electron chi connectivity index (χ4n) is 2.43. The quantitative estimate of drug-likeness (QED) is 0.619. The van der Waals surface area contributed by atoms with Crippen LogP contribution in [0.3, 0.4) is 0 Å². The van der Waals surface area contributed by atoms with E-state index in [0.29, 0.717) is 0 Å². The van der Waals surface area contributed by atoms with Gasteiger partial charge in [0.25, 0.3) is 9.05 Å². The molecule has 0 N–H and O–H groups in total. The normalized spacial score (nSPS) is 18.2. The van der Waals surface area contributed by atoms with Crippen molar-refractivity contribution in [2.75, 3.05) is 0 Å². The lowest BCUT2D eigenvalue weighted by molar-refractivity contribution is 0.377. The van der Waals surface area contributed by atoms with Crippen molar-refractivity contribution < 1.29 is 8.42 Å². The summed E-state index contributed by atoms with van der Waals surface area (Å²) < 4.78 is 24.6. The molecule has 0 spiro atoms. The molecule has 0 amide bonds. The minimum Gasteiger partial charge on any atom is -0.249 e. The fraction of sp³-hybridized carbons (Fsp3) is 0.636. The van der Waals surface area contributed by atoms with E-state index in [1.807, 2.05) is 6.07 Å². The van der Waals surface area contributed by atoms with Gasteiger partial charge in [-0.05, 0) is 12.8 Å². The van der Waals surface area contributed by atoms with Gasteiger partial charge >= 0.3 is 0 Å². The molecule has 7 heteroatoms. The van der Waals surface area contributed by atoms with Gasteiger partial charge in [0.2, 0.25) is 0 Å². The second-order valence-electron chi connectivity index (χ2n) is 4.50. The van der Waals surface area contributed by atoms with Gasteiger partial charge in [-0.2, -0.15) is 10.4 Å². The van der Waals surface area contributed by atoms with Crippen LogP contribution in [0.4, 0.5) is 0 Å². The second kappa shape index (κ2) is 5.29. The summed E-state index contributed by atoms with van der Waals surface area (Å²) in [7, 11) is 1.47. The van der Waals surface area contributed by atoms with E-state index in [4.69, 9.17) is 15.9 Å². The summed E-state index contributed by atoms with van der Waals surface area (Å²) >= 11 is 0. The van der Waals surface area contributed by atoms with Crippen molar-refractivity contribution in [3.05, 3.63) is 11.8 Å². The van der Waals surface area contributed by atoms with E-state index < -0.39 is 9.05 Å². The lowest BCUT2D eigenvalue weighted by Crippen LogP contribution is -2.15. The lowest BCUT2D eigenvalue weighted by atomic mass is 10.1. The van der Waals surface area contributed by atoms with Crippen LogP contribution >= 0.6 is 10.7 Å². The molecule has 0 bridgehead atoms. The van der Waals surface area contributed by atoms with Crippen LogP contribution < -0.4 is 0 Å². The smallest absolute Gasteiger partial charge is 0.249 e. The minimum absolute atomic E-state index is 0.0225. The van der Waals surface area contributed by atoms with Crippen molar-refractivity contribution in [1.82, 2.24) is 9.78 Å². The Kier molecular flexibility index (Phi) is 3.93. The van der Waals surface area contributed by atoms with E-state index in [1.54, 1.807) is 0 Å². The molecular formula is C11H14ClN3O2S. The molecular weight excluding hydrogens is 274 g/mol. The summed E-state index contributed by atoms with van der Waals surface area (Å²) in [6.07, 6.45) is 7.46. The monoisotopic (exact) mass is 287 g/mol. The number of nitrogens with zero attached hydrogens (tertiary/aromatic N) is 3. The van der Waals surface area contributed by atoms with Gasteiger partial charge in [0, 0.05) is 10.7 Å². The molecule has 0 saturated heterocycles. The van der Waals surface area contributed by atoms with Gasteiger partial charge in [-0.3, -0.25) is 0 Å². The number of hydrogen-bond donors (Lipinski definition) is 0. The average molecular weight is 288 g/mol. The van der Waals surface area contributed by atoms with Crippen molar-refractivity contribution in [3.63, 3.8) is 0 Å². The first-order chi connectivity index (χ1) is 8.54. The Morgan fingerprint density at radius 3 is 2.44 bits per heavy atom. The zero-order valence-electron chi connectivity index (χ0n) is 9.84. The van der Waals surface area contributed by atoms with E-state index in [9.17, 15) is 8.42 Å². The molecule has 1 aromatic heterocycles. The number of rotatable bonds is 2. The van der Waals surface area contributed by atoms with Crippen LogP contribution in [0.5, 0.6) is 0 Å². The molecule has 1 aliphatic carbocycles. The molecule has 0 atom stereocenters. The molecule has 18 heavy (non-hydrogen) atoms. The molecule has 2 rings (SSSR count). The number of nitriles is 1. The van der Waals surface area contributed by atoms with Crippen molar-refractivity contribution >= 4 is 19.7 Å². The third kappa shape index (κ3) is 2.68. The third-order valence-electron chi connectivity index (χ3n) is 3.27. The Balaban J connectivity index is 2.45. The minimum atomic E-state index is -3.94. The molecule has 1 aliphatic rings. The van der Waals surface area contributed by atoms with E-state index in [-0.39, 0.29) is 16.6 Å². The average Bonchev–Trinajstić information content (AvgIpc) is 2.57. The number of hydrogen-bond acceptors (Lipinski definition) is 4. The summed E-state index contributed by atoms with van der Waals surface area (Å²) in [5.41, 5.74) is 0.0225. The maximum Gasteiger partial charge on any atom is 0.279 e. The maximum absolute atomic E-state index is 11.6. The molecule has 98 valence electrons. The Labute approximate surface area is 111 Å². The lowest BCUT2D eigenvalue weighted by Gasteiger charge is -2.16. The summed E-state index contributed by atoms with van der Waals surface area (Å²) in [4.78, 5) is 0. The van der Waals surface area contributed by atoms with Crippen LogP contribution in [-0.4, -0.2) is 18.2 Å². The zero-order valence-corrected chi connectivity index (χ0v) is 11.4. The Bertz CT molecular complexity index is 566. The zero-order chi connectivity index (χ0) is 13.2. The van der Waals surface area contributed by atoms with Crippen molar-refractivity contribution in [2.24, 2.45) is 0 Å². The molecule has 1 heterocycles. The van der Waals surface area contributed by atoms with E-state index in [2.05, 4.69) is 5.10 Å². The highest BCUT2D eigenvalue weighted by atomic mass is 35.7. The van der Waals surface area contributed by atoms with Crippen LogP contribution in [0.2, 0.25) is 0 Å². The topological polar surface area (TPSA) is 75.8 Å². The molecule has 0 unspecified atom stereocenters. The SMILES string of the molecule is N#Cc1cnn(C2CCCCCC2)c1S(=O)(=O)Cl. The Morgan fingerprint density at radius 1 is 1.33 bits per heavy atom. The van der Waals surface area contributed by atoms with Crippen molar-refractivity contribution in [2.45, 2.75) is 49.6 Å². The predicted octanol–water partition coefficient (Wildman–Crippen LogP) is 2.58. The van der Waals surface area contributed by atoms with Crippen molar-refractivity contribution in [1.29, 1.82) is 5.26 Å². The van der Waals surface area contributed by atoms with Gasteiger partial charge in [-0.1, -0.05) is 25.7 Å². The number of halogens is 1. The Hall–Kier alpha value is -1.06. The van der Waals surface area contributed by atoms with Crippen LogP contribution in [0.15, 0.2) is 11.2 Å². The molecule has 0 aromatic carbocycles. The van der Waals surface area contributed by atoms with Crippen molar-refractivity contribution in [3.8, 4) is 6.07 Å². The Morgan fingerprint density at radius 2 is 1.94 bits per heavy atom. The van der Waals surface area contributed by atoms with Gasteiger partial charge in [0.05, 0.1) is 12.2 Å². The first-order valence-corrected chi connectivity index (χ1v) is 8.27. The predicted molar refractivity (Wildman–Crippen MR) is 66.7 cm³/mol. The number of aromatic nitrogens is 2. The van der Waals surface area contributed by atoms with E-state index in [0.717, 1.165) is 38.5 Å². The highest BCUT2D eigenvalue weighted by molar-refractivity contribution is 8.13. The highest BCUT2D eigenvalue weighted by Gasteiger charge is 2.27. The van der Waals surface area contributed by atoms with Crippen LogP contribution in [0.25, 0.3) is 0 Å². The molecule has 0 aliphatic heterocycles. The molecule has 0 radical (unpaired) electrons. The van der Waals surface area contributed by atoms with Crippen LogP contribution in [0, 0.1) is 11.3 Å². The first kappa shape index (κ1) is 13.4. The van der Waals surface area contributed by atoms with Crippen LogP contribution in [-0.2, 0) is 9.05 Å². The first-order valence-electron chi connectivity index (χ1n) is 5.96. The third-order valence-corrected chi connectivity index (χ3v) is 4.58. The van der Waals surface area contributed by atoms with E-state index in [1.165, 1.54) is 10.9 Å². The molecule has 1 saturated carbocycles. The largest absolute Gasteiger partial charge is 0.279 e. The van der Waals surface area contributed by atoms with E-state index >= 15 is 0 Å². The standard InChI is InChI=1S/C11H14ClN3O2S/c12-18(16,17)11-9(7-13)8-14-15(11)10-5-3-1-2-4-6-10/h8,10H,1-6H2. The fourth-order valence-corrected chi connectivity index (χ4v) is 3.68. The van der Waals surface area contributed by atoms with Crippen LogP contribution in [0.1, 0.15) is 50.1 Å². The summed E-state index contributed by atoms with van der Waals surface area (Å²) in [5.74, 6) is 0. The van der Waals surface area contributed by atoms with Gasteiger partial charge < -0.3 is 0 Å². The molecule has 1 fully saturated rings.